The number of benzene rings is 2. The number of piperidine rings is 1. The number of carbonyl (C=O) groups is 4. The van der Waals surface area contributed by atoms with Crippen LogP contribution >= 0.6 is 22.6 Å². The molecule has 0 aliphatic carbocycles. The Kier molecular flexibility index (Phi) is 17.3. The van der Waals surface area contributed by atoms with Gasteiger partial charge >= 0.3 is 11.8 Å². The molecule has 1 unspecified atom stereocenters. The zero-order valence-corrected chi connectivity index (χ0v) is 43.3. The van der Waals surface area contributed by atoms with Gasteiger partial charge in [0.05, 0.1) is 40.9 Å². The van der Waals surface area contributed by atoms with Crippen molar-refractivity contribution in [1.82, 2.24) is 10.2 Å². The van der Waals surface area contributed by atoms with Crippen LogP contribution in [0.1, 0.15) is 90.1 Å². The minimum atomic E-state index is -2.02. The SMILES string of the molecule is COCCCNC(=O)CC(=O)O[C@H]1[C@H](C)[C@H](O)[C@H](C)[C@@H](O)[C@@H](C)/C=C/C=C(/C)C(=O)Nc2c(O)c3c(O)c(C)c4c(c3c3c2=NC2(CCN(CC(C)I)CC2)N=3)C(=O)[C@@](C)(O/C=C/[C@H](OC)[C@H]1C)O4. The third-order valence-electron chi connectivity index (χ3n) is 13.9. The summed E-state index contributed by atoms with van der Waals surface area (Å²) in [4.78, 5) is 67.6. The molecule has 5 heterocycles. The highest BCUT2D eigenvalue weighted by atomic mass is 127. The first-order valence-corrected chi connectivity index (χ1v) is 24.8. The third kappa shape index (κ3) is 11.3. The molecule has 2 aromatic carbocycles. The molecule has 0 aromatic heterocycles. The second-order valence-electron chi connectivity index (χ2n) is 19.1. The molecule has 5 bridgehead atoms. The number of carbonyl (C=O) groups excluding carboxylic acids is 4. The Morgan fingerprint density at radius 2 is 1.67 bits per heavy atom. The molecule has 1 saturated heterocycles. The number of methoxy groups -OCH3 is 2. The lowest BCUT2D eigenvalue weighted by molar-refractivity contribution is -0.164. The number of hydrogen-bond acceptors (Lipinski definition) is 16. The number of halogens is 1. The number of fused-ring (bicyclic) bond motifs is 13. The molecule has 19 heteroatoms. The van der Waals surface area contributed by atoms with Crippen molar-refractivity contribution < 1.29 is 63.3 Å². The summed E-state index contributed by atoms with van der Waals surface area (Å²) < 4.78 is 29.8. The molecule has 2 amide bonds. The fraction of sp³-hybridized carbons (Fsp3) is 0.600. The van der Waals surface area contributed by atoms with E-state index in [2.05, 4.69) is 45.0 Å². The van der Waals surface area contributed by atoms with Crippen LogP contribution in [0.2, 0.25) is 0 Å². The van der Waals surface area contributed by atoms with Crippen LogP contribution in [0.3, 0.4) is 0 Å². The molecule has 1 spiro atoms. The molecule has 0 radical (unpaired) electrons. The Balaban J connectivity index is 1.46. The van der Waals surface area contributed by atoms with Crippen LogP contribution in [0.15, 0.2) is 46.1 Å². The number of alkyl halides is 1. The van der Waals surface area contributed by atoms with E-state index < -0.39 is 101 Å². The minimum Gasteiger partial charge on any atom is -0.507 e. The fourth-order valence-electron chi connectivity index (χ4n) is 9.68. The Hall–Kier alpha value is -4.67. The average Bonchev–Trinajstić information content (AvgIpc) is 3.81. The molecule has 7 rings (SSSR count). The number of esters is 1. The van der Waals surface area contributed by atoms with Gasteiger partial charge in [-0.3, -0.25) is 29.2 Å². The van der Waals surface area contributed by atoms with Gasteiger partial charge in [-0.2, -0.15) is 0 Å². The number of hydrogen-bond donors (Lipinski definition) is 6. The Bertz CT molecular complexity index is 2520. The number of likely N-dealkylation sites (tertiary alicyclic amines) is 1. The van der Waals surface area contributed by atoms with Crippen LogP contribution in [0, 0.1) is 30.6 Å². The second-order valence-corrected chi connectivity index (χ2v) is 21.2. The van der Waals surface area contributed by atoms with Gasteiger partial charge in [-0.1, -0.05) is 75.4 Å². The summed E-state index contributed by atoms with van der Waals surface area (Å²) in [6, 6.07) is 0. The standard InChI is InChI=1S/C50H68IN5O13/c1-25-13-11-14-26(2)48(64)53-40-39-38(54-50(55-39)16-19-56(20-17-50)24-27(3)51)35-36(44(40)62)43(61)31(7)46-37(35)47(63)49(8,69-46)67-22-15-32(66-10)28(4)45(30(6)42(60)29(5)41(25)59)68-34(58)23-33(57)52-18-12-21-65-9/h11,13-15,22,25,27-30,32,41-42,45,59-62H,12,16-21,23-24H2,1-10H3,(H,52,57)(H,53,64)/b13-11+,22-15+,26-14-/t25-,27?,28+,29+,30+,32-,41-,42+,45+,49-/m0/s1. The molecule has 378 valence electrons. The Morgan fingerprint density at radius 1 is 0.986 bits per heavy atom. The summed E-state index contributed by atoms with van der Waals surface area (Å²) in [5.41, 5.74) is -0.717. The van der Waals surface area contributed by atoms with Gasteiger partial charge in [0.15, 0.2) is 11.4 Å². The van der Waals surface area contributed by atoms with Crippen molar-refractivity contribution in [2.24, 2.45) is 33.7 Å². The van der Waals surface area contributed by atoms with E-state index in [0.717, 1.165) is 6.54 Å². The van der Waals surface area contributed by atoms with Gasteiger partial charge < -0.3 is 59.6 Å². The highest BCUT2D eigenvalue weighted by molar-refractivity contribution is 14.1. The lowest BCUT2D eigenvalue weighted by atomic mass is 9.78. The quantitative estimate of drug-likeness (QED) is 0.0481. The molecule has 18 nitrogen and oxygen atoms in total. The van der Waals surface area contributed by atoms with Crippen LogP contribution in [0.5, 0.6) is 17.2 Å². The first-order chi connectivity index (χ1) is 32.6. The normalized spacial score (nSPS) is 30.5. The molecule has 69 heavy (non-hydrogen) atoms. The smallest absolute Gasteiger partial charge is 0.315 e. The number of rotatable bonds is 10. The van der Waals surface area contributed by atoms with E-state index in [-0.39, 0.29) is 56.2 Å². The topological polar surface area (TPSA) is 247 Å². The number of nitrogens with zero attached hydrogens (tertiary/aromatic N) is 3. The second kappa shape index (κ2) is 22.2. The van der Waals surface area contributed by atoms with Gasteiger partial charge in [0.2, 0.25) is 5.91 Å². The predicted molar refractivity (Wildman–Crippen MR) is 265 cm³/mol. The van der Waals surface area contributed by atoms with Crippen LogP contribution in [0.25, 0.3) is 10.8 Å². The van der Waals surface area contributed by atoms with E-state index in [4.69, 9.17) is 33.7 Å². The number of allylic oxidation sites excluding steroid dienone is 2. The lowest BCUT2D eigenvalue weighted by Crippen LogP contribution is -2.47. The summed E-state index contributed by atoms with van der Waals surface area (Å²) in [5.74, 6) is -8.43. The zero-order chi connectivity index (χ0) is 50.7. The number of phenolic OH excluding ortho intramolecular Hbond substituents is 2. The van der Waals surface area contributed by atoms with Crippen LogP contribution in [0.4, 0.5) is 5.69 Å². The largest absolute Gasteiger partial charge is 0.507 e. The number of ketones is 1. The minimum absolute atomic E-state index is 0.00285. The van der Waals surface area contributed by atoms with Crippen LogP contribution in [-0.4, -0.2) is 136 Å². The van der Waals surface area contributed by atoms with E-state index in [1.165, 1.54) is 33.3 Å². The summed E-state index contributed by atoms with van der Waals surface area (Å²) in [7, 11) is 2.97. The van der Waals surface area contributed by atoms with Crippen molar-refractivity contribution in [3.8, 4) is 17.2 Å². The number of nitrogens with one attached hydrogen (secondary N) is 2. The van der Waals surface area contributed by atoms with Crippen molar-refractivity contribution in [2.75, 3.05) is 52.3 Å². The molecular formula is C50H68IN5O13. The maximum atomic E-state index is 14.9. The highest BCUT2D eigenvalue weighted by Crippen LogP contribution is 2.50. The Labute approximate surface area is 416 Å². The monoisotopic (exact) mass is 1070 g/mol. The predicted octanol–water partition coefficient (Wildman–Crippen LogP) is 4.44. The van der Waals surface area contributed by atoms with Crippen molar-refractivity contribution in [3.05, 3.63) is 58.0 Å². The highest BCUT2D eigenvalue weighted by Gasteiger charge is 2.50. The summed E-state index contributed by atoms with van der Waals surface area (Å²) >= 11 is 2.39. The molecular weight excluding hydrogens is 1010 g/mol. The number of anilines is 1. The van der Waals surface area contributed by atoms with Gasteiger partial charge in [-0.15, -0.1) is 0 Å². The molecule has 10 atom stereocenters. The lowest BCUT2D eigenvalue weighted by Gasteiger charge is -2.38. The van der Waals surface area contributed by atoms with E-state index in [0.29, 0.717) is 42.9 Å². The molecule has 5 aliphatic heterocycles. The molecule has 1 fully saturated rings. The number of amides is 2. The fourth-order valence-corrected chi connectivity index (χ4v) is 10.2. The third-order valence-corrected chi connectivity index (χ3v) is 14.3. The van der Waals surface area contributed by atoms with Gasteiger partial charge in [0.25, 0.3) is 11.7 Å². The molecule has 6 N–H and O–H groups in total. The number of aliphatic hydroxyl groups is 2. The van der Waals surface area contributed by atoms with E-state index in [1.54, 1.807) is 60.0 Å². The Morgan fingerprint density at radius 3 is 2.32 bits per heavy atom. The van der Waals surface area contributed by atoms with Crippen molar-refractivity contribution in [2.45, 2.75) is 121 Å². The van der Waals surface area contributed by atoms with E-state index >= 15 is 0 Å². The van der Waals surface area contributed by atoms with E-state index in [9.17, 15) is 39.6 Å². The van der Waals surface area contributed by atoms with Gasteiger partial charge in [0, 0.05) is 111 Å². The summed E-state index contributed by atoms with van der Waals surface area (Å²) in [5, 5.41) is 53.3. The summed E-state index contributed by atoms with van der Waals surface area (Å²) in [6.07, 6.45) is 4.23. The number of aromatic hydroxyl groups is 2. The van der Waals surface area contributed by atoms with Gasteiger partial charge in [-0.05, 0) is 26.3 Å². The first-order valence-electron chi connectivity index (χ1n) is 23.6. The number of aliphatic hydroxyl groups excluding tert-OH is 2. The number of Topliss-reactive ketones (excluding diaryl/α,β-unsaturated/α-hetero) is 1. The average molecular weight is 1070 g/mol. The van der Waals surface area contributed by atoms with Crippen LogP contribution < -0.4 is 26.1 Å². The van der Waals surface area contributed by atoms with Gasteiger partial charge in [-0.25, -0.2) is 0 Å². The van der Waals surface area contributed by atoms with Crippen molar-refractivity contribution in [3.63, 3.8) is 0 Å². The number of ether oxygens (including phenoxy) is 5. The zero-order valence-electron chi connectivity index (χ0n) is 41.1. The summed E-state index contributed by atoms with van der Waals surface area (Å²) in [6.45, 7) is 16.4. The van der Waals surface area contributed by atoms with Crippen LogP contribution in [-0.2, 0) is 33.3 Å². The van der Waals surface area contributed by atoms with Crippen molar-refractivity contribution in [1.29, 1.82) is 0 Å². The van der Waals surface area contributed by atoms with E-state index in [1.807, 2.05) is 0 Å². The number of phenols is 2. The molecule has 0 saturated carbocycles. The molecule has 2 aromatic rings. The van der Waals surface area contributed by atoms with Crippen molar-refractivity contribution >= 4 is 62.6 Å². The van der Waals surface area contributed by atoms with Gasteiger partial charge in [0.1, 0.15) is 35.1 Å². The maximum Gasteiger partial charge on any atom is 0.315 e. The molecule has 5 aliphatic rings. The maximum absolute atomic E-state index is 14.9. The first kappa shape index (κ1) is 53.7.